The molecule has 0 fully saturated rings. The molecule has 0 spiro atoms. The maximum Gasteiger partial charge on any atom is 0.155 e. The van der Waals surface area contributed by atoms with Gasteiger partial charge < -0.3 is 4.57 Å². The molecule has 0 amide bonds. The van der Waals surface area contributed by atoms with Crippen LogP contribution in [0, 0.1) is 5.92 Å². The smallest absolute Gasteiger partial charge is 0.155 e. The third-order valence-corrected chi connectivity index (χ3v) is 4.02. The van der Waals surface area contributed by atoms with Gasteiger partial charge in [-0.05, 0) is 30.9 Å². The number of aromatic nitrogens is 3. The molecular formula is C14H14ClN3O. The lowest BCUT2D eigenvalue weighted by molar-refractivity contribution is -0.114. The zero-order chi connectivity index (χ0) is 13.6. The lowest BCUT2D eigenvalue weighted by Crippen LogP contribution is -2.05. The monoisotopic (exact) mass is 275 g/mol. The summed E-state index contributed by atoms with van der Waals surface area (Å²) in [5.41, 5.74) is 1.73. The number of hydrogen-bond donors (Lipinski definition) is 0. The average Bonchev–Trinajstić information content (AvgIpc) is 2.93. The summed E-state index contributed by atoms with van der Waals surface area (Å²) in [5, 5.41) is 1.31. The van der Waals surface area contributed by atoms with Crippen molar-refractivity contribution in [3.05, 3.63) is 35.4 Å². The first-order valence-corrected chi connectivity index (χ1v) is 6.65. The Kier molecular flexibility index (Phi) is 2.90. The Morgan fingerprint density at radius 1 is 1.47 bits per heavy atom. The van der Waals surface area contributed by atoms with Crippen LogP contribution in [0.2, 0.25) is 5.15 Å². The fraction of sp³-hybridized carbons (Fsp3) is 0.357. The van der Waals surface area contributed by atoms with Gasteiger partial charge in [0.2, 0.25) is 0 Å². The van der Waals surface area contributed by atoms with E-state index in [0.29, 0.717) is 5.15 Å². The molecule has 3 rings (SSSR count). The number of rotatable bonds is 2. The number of ketones is 1. The molecule has 5 heteroatoms. The number of nitrogens with zero attached hydrogens (tertiary/aromatic N) is 3. The maximum absolute atomic E-state index is 11.6. The Balaban J connectivity index is 2.07. The van der Waals surface area contributed by atoms with Crippen LogP contribution >= 0.6 is 11.6 Å². The quantitative estimate of drug-likeness (QED) is 0.791. The van der Waals surface area contributed by atoms with Crippen molar-refractivity contribution >= 4 is 28.4 Å². The Morgan fingerprint density at radius 3 is 2.95 bits per heavy atom. The van der Waals surface area contributed by atoms with E-state index >= 15 is 0 Å². The van der Waals surface area contributed by atoms with Gasteiger partial charge in [-0.25, -0.2) is 9.97 Å². The lowest BCUT2D eigenvalue weighted by Gasteiger charge is -2.12. The Morgan fingerprint density at radius 2 is 2.26 bits per heavy atom. The topological polar surface area (TPSA) is 47.8 Å². The van der Waals surface area contributed by atoms with E-state index in [9.17, 15) is 4.79 Å². The summed E-state index contributed by atoms with van der Waals surface area (Å²) >= 11 is 6.05. The highest BCUT2D eigenvalue weighted by Gasteiger charge is 2.27. The lowest BCUT2D eigenvalue weighted by atomic mass is 10.0. The molecule has 1 aliphatic carbocycles. The second-order valence-electron chi connectivity index (χ2n) is 5.01. The van der Waals surface area contributed by atoms with E-state index in [1.54, 1.807) is 6.92 Å². The highest BCUT2D eigenvalue weighted by molar-refractivity contribution is 6.33. The van der Waals surface area contributed by atoms with E-state index in [4.69, 9.17) is 11.6 Å². The van der Waals surface area contributed by atoms with Gasteiger partial charge in [-0.2, -0.15) is 0 Å². The van der Waals surface area contributed by atoms with Crippen molar-refractivity contribution in [2.45, 2.75) is 26.3 Å². The van der Waals surface area contributed by atoms with E-state index in [1.807, 2.05) is 18.3 Å². The summed E-state index contributed by atoms with van der Waals surface area (Å²) in [6.45, 7) is 3.71. The number of allylic oxidation sites excluding steroid dienone is 2. The van der Waals surface area contributed by atoms with E-state index in [1.165, 1.54) is 6.33 Å². The molecule has 0 aliphatic heterocycles. The predicted octanol–water partition coefficient (Wildman–Crippen LogP) is 3.18. The van der Waals surface area contributed by atoms with Gasteiger partial charge in [0, 0.05) is 6.20 Å². The Bertz CT molecular complexity index is 689. The van der Waals surface area contributed by atoms with Crippen LogP contribution in [0.5, 0.6) is 0 Å². The minimum Gasteiger partial charge on any atom is -0.325 e. The fourth-order valence-corrected chi connectivity index (χ4v) is 2.99. The van der Waals surface area contributed by atoms with Gasteiger partial charge in [-0.15, -0.1) is 0 Å². The van der Waals surface area contributed by atoms with Gasteiger partial charge in [0.1, 0.15) is 17.1 Å². The largest absolute Gasteiger partial charge is 0.325 e. The summed E-state index contributed by atoms with van der Waals surface area (Å²) in [7, 11) is 0. The number of fused-ring (bicyclic) bond motifs is 1. The van der Waals surface area contributed by atoms with Gasteiger partial charge in [-0.3, -0.25) is 4.79 Å². The highest BCUT2D eigenvalue weighted by Crippen LogP contribution is 2.36. The third kappa shape index (κ3) is 1.96. The number of hydrogen-bond acceptors (Lipinski definition) is 3. The molecule has 2 unspecified atom stereocenters. The number of halogens is 1. The second-order valence-corrected chi connectivity index (χ2v) is 5.37. The van der Waals surface area contributed by atoms with Crippen molar-refractivity contribution in [1.82, 2.24) is 14.5 Å². The molecule has 0 bridgehead atoms. The summed E-state index contributed by atoms with van der Waals surface area (Å²) in [4.78, 5) is 19.8. The minimum absolute atomic E-state index is 0.152. The molecule has 4 nitrogen and oxygen atoms in total. The van der Waals surface area contributed by atoms with Crippen molar-refractivity contribution in [1.29, 1.82) is 0 Å². The molecule has 0 saturated heterocycles. The normalized spacial score (nSPS) is 22.8. The molecule has 0 radical (unpaired) electrons. The number of carbonyl (C=O) groups is 1. The predicted molar refractivity (Wildman–Crippen MR) is 74.1 cm³/mol. The zero-order valence-electron chi connectivity index (χ0n) is 10.8. The molecule has 0 aromatic carbocycles. The van der Waals surface area contributed by atoms with E-state index in [0.717, 1.165) is 23.0 Å². The first-order valence-electron chi connectivity index (χ1n) is 6.27. The zero-order valence-corrected chi connectivity index (χ0v) is 11.6. The van der Waals surface area contributed by atoms with E-state index < -0.39 is 0 Å². The molecule has 0 N–H and O–H groups in total. The summed E-state index contributed by atoms with van der Waals surface area (Å²) in [5.74, 6) is 0.441. The van der Waals surface area contributed by atoms with Gasteiger partial charge in [0.15, 0.2) is 5.78 Å². The molecule has 2 heterocycles. The second kappa shape index (κ2) is 4.46. The van der Waals surface area contributed by atoms with Gasteiger partial charge >= 0.3 is 0 Å². The van der Waals surface area contributed by atoms with E-state index in [-0.39, 0.29) is 17.7 Å². The molecule has 0 saturated carbocycles. The summed E-state index contributed by atoms with van der Waals surface area (Å²) < 4.78 is 2.06. The SMILES string of the molecule is CC(=O)C1=CC(n2ccc3c(Cl)ncnc32)CC1C. The van der Waals surface area contributed by atoms with E-state index in [2.05, 4.69) is 21.5 Å². The molecule has 2 aromatic rings. The molecule has 19 heavy (non-hydrogen) atoms. The van der Waals surface area contributed by atoms with Crippen molar-refractivity contribution < 1.29 is 4.79 Å². The molecule has 2 aromatic heterocycles. The van der Waals surface area contributed by atoms with Crippen LogP contribution in [0.25, 0.3) is 11.0 Å². The number of Topliss-reactive ketones (excluding diaryl/α,β-unsaturated/α-hetero) is 1. The van der Waals surface area contributed by atoms with Crippen molar-refractivity contribution in [3.8, 4) is 0 Å². The first-order chi connectivity index (χ1) is 9.08. The Hall–Kier alpha value is -1.68. The first kappa shape index (κ1) is 12.4. The van der Waals surface area contributed by atoms with Crippen LogP contribution in [-0.4, -0.2) is 20.3 Å². The van der Waals surface area contributed by atoms with Gasteiger partial charge in [-0.1, -0.05) is 24.6 Å². The maximum atomic E-state index is 11.6. The molecular weight excluding hydrogens is 262 g/mol. The van der Waals surface area contributed by atoms with Crippen LogP contribution in [-0.2, 0) is 4.79 Å². The van der Waals surface area contributed by atoms with Crippen molar-refractivity contribution in [3.63, 3.8) is 0 Å². The summed E-state index contributed by atoms with van der Waals surface area (Å²) in [6.07, 6.45) is 6.39. The van der Waals surface area contributed by atoms with Gasteiger partial charge in [0.25, 0.3) is 0 Å². The molecule has 1 aliphatic rings. The van der Waals surface area contributed by atoms with Gasteiger partial charge in [0.05, 0.1) is 11.4 Å². The van der Waals surface area contributed by atoms with Crippen molar-refractivity contribution in [2.24, 2.45) is 5.92 Å². The van der Waals surface area contributed by atoms with Crippen LogP contribution in [0.15, 0.2) is 30.2 Å². The fourth-order valence-electron chi connectivity index (χ4n) is 2.79. The molecule has 2 atom stereocenters. The highest BCUT2D eigenvalue weighted by atomic mass is 35.5. The van der Waals surface area contributed by atoms with Crippen LogP contribution in [0.4, 0.5) is 0 Å². The average molecular weight is 276 g/mol. The van der Waals surface area contributed by atoms with Crippen molar-refractivity contribution in [2.75, 3.05) is 0 Å². The van der Waals surface area contributed by atoms with Crippen LogP contribution in [0.1, 0.15) is 26.3 Å². The Labute approximate surface area is 116 Å². The number of carbonyl (C=O) groups excluding carboxylic acids is 1. The van der Waals surface area contributed by atoms with Crippen LogP contribution < -0.4 is 0 Å². The third-order valence-electron chi connectivity index (χ3n) is 3.72. The van der Waals surface area contributed by atoms with Crippen LogP contribution in [0.3, 0.4) is 0 Å². The molecule has 98 valence electrons. The standard InChI is InChI=1S/C14H14ClN3O/c1-8-5-10(6-12(8)9(2)19)18-4-3-11-13(15)16-7-17-14(11)18/h3-4,6-8,10H,5H2,1-2H3. The summed E-state index contributed by atoms with van der Waals surface area (Å²) in [6, 6.07) is 2.08. The minimum atomic E-state index is 0.152.